The molecule has 108 valence electrons. The van der Waals surface area contributed by atoms with Gasteiger partial charge in [0.05, 0.1) is 16.9 Å². The molecule has 20 heavy (non-hydrogen) atoms. The summed E-state index contributed by atoms with van der Waals surface area (Å²) in [5, 5.41) is 12.2. The molecule has 1 fully saturated rings. The molecule has 6 heteroatoms. The van der Waals surface area contributed by atoms with Gasteiger partial charge in [-0.3, -0.25) is 4.79 Å². The minimum Gasteiger partial charge on any atom is -0.478 e. The van der Waals surface area contributed by atoms with E-state index in [2.05, 4.69) is 5.32 Å². The Labute approximate surface area is 117 Å². The number of hydrogen-bond acceptors (Lipinski definition) is 4. The van der Waals surface area contributed by atoms with Crippen LogP contribution >= 0.6 is 0 Å². The average molecular weight is 278 g/mol. The van der Waals surface area contributed by atoms with E-state index < -0.39 is 5.97 Å². The molecule has 1 heterocycles. The van der Waals surface area contributed by atoms with Crippen LogP contribution in [-0.2, 0) is 9.53 Å². The van der Waals surface area contributed by atoms with E-state index in [1.807, 2.05) is 6.92 Å². The van der Waals surface area contributed by atoms with Crippen LogP contribution in [0.1, 0.15) is 17.3 Å². The number of para-hydroxylation sites is 1. The lowest BCUT2D eigenvalue weighted by atomic mass is 10.0. The zero-order chi connectivity index (χ0) is 14.8. The first-order valence-corrected chi connectivity index (χ1v) is 6.36. The maximum atomic E-state index is 12.1. The third kappa shape index (κ3) is 2.97. The SMILES string of the molecule is CN(C(=O)COC1(C)CNC1)c1ccccc1C(=O)O. The Bertz CT molecular complexity index is 526. The van der Waals surface area contributed by atoms with Gasteiger partial charge in [-0.1, -0.05) is 12.1 Å². The van der Waals surface area contributed by atoms with Crippen LogP contribution in [0, 0.1) is 0 Å². The lowest BCUT2D eigenvalue weighted by Gasteiger charge is -2.39. The van der Waals surface area contributed by atoms with E-state index in [4.69, 9.17) is 9.84 Å². The first-order valence-electron chi connectivity index (χ1n) is 6.36. The van der Waals surface area contributed by atoms with Gasteiger partial charge >= 0.3 is 5.97 Å². The number of nitrogens with one attached hydrogen (secondary N) is 1. The van der Waals surface area contributed by atoms with Crippen molar-refractivity contribution in [3.8, 4) is 0 Å². The molecule has 0 radical (unpaired) electrons. The minimum atomic E-state index is -1.06. The Morgan fingerprint density at radius 3 is 2.60 bits per heavy atom. The third-order valence-corrected chi connectivity index (χ3v) is 3.41. The fourth-order valence-electron chi connectivity index (χ4n) is 1.99. The van der Waals surface area contributed by atoms with Gasteiger partial charge in [-0.25, -0.2) is 4.79 Å². The molecular formula is C14H18N2O4. The number of rotatable bonds is 5. The molecule has 2 rings (SSSR count). The van der Waals surface area contributed by atoms with E-state index >= 15 is 0 Å². The first kappa shape index (κ1) is 14.5. The Hall–Kier alpha value is -1.92. The lowest BCUT2D eigenvalue weighted by Crippen LogP contribution is -2.59. The van der Waals surface area contributed by atoms with E-state index in [9.17, 15) is 9.59 Å². The van der Waals surface area contributed by atoms with Crippen molar-refractivity contribution in [3.05, 3.63) is 29.8 Å². The molecule has 0 saturated carbocycles. The van der Waals surface area contributed by atoms with Gasteiger partial charge < -0.3 is 20.1 Å². The molecule has 1 amide bonds. The van der Waals surface area contributed by atoms with Gasteiger partial charge in [-0.15, -0.1) is 0 Å². The largest absolute Gasteiger partial charge is 0.478 e. The van der Waals surface area contributed by atoms with Crippen molar-refractivity contribution in [2.75, 3.05) is 31.6 Å². The number of amides is 1. The molecule has 0 spiro atoms. The fourth-order valence-corrected chi connectivity index (χ4v) is 1.99. The van der Waals surface area contributed by atoms with Crippen LogP contribution in [0.4, 0.5) is 5.69 Å². The van der Waals surface area contributed by atoms with E-state index in [1.165, 1.54) is 11.0 Å². The van der Waals surface area contributed by atoms with E-state index in [0.717, 1.165) is 13.1 Å². The third-order valence-electron chi connectivity index (χ3n) is 3.41. The van der Waals surface area contributed by atoms with Crippen LogP contribution in [0.3, 0.4) is 0 Å². The number of likely N-dealkylation sites (N-methyl/N-ethyl adjacent to an activating group) is 1. The van der Waals surface area contributed by atoms with E-state index in [1.54, 1.807) is 25.2 Å². The second-order valence-corrected chi connectivity index (χ2v) is 5.12. The Morgan fingerprint density at radius 1 is 1.40 bits per heavy atom. The Morgan fingerprint density at radius 2 is 2.05 bits per heavy atom. The van der Waals surface area contributed by atoms with Crippen LogP contribution in [-0.4, -0.2) is 49.3 Å². The second kappa shape index (κ2) is 5.60. The normalized spacial score (nSPS) is 16.3. The predicted octanol–water partition coefficient (Wildman–Crippen LogP) is 0.726. The highest BCUT2D eigenvalue weighted by molar-refractivity contribution is 6.02. The summed E-state index contributed by atoms with van der Waals surface area (Å²) < 4.78 is 5.57. The van der Waals surface area contributed by atoms with E-state index in [-0.39, 0.29) is 23.7 Å². The summed E-state index contributed by atoms with van der Waals surface area (Å²) in [4.78, 5) is 24.6. The van der Waals surface area contributed by atoms with Crippen molar-refractivity contribution in [2.45, 2.75) is 12.5 Å². The van der Waals surface area contributed by atoms with Crippen molar-refractivity contribution in [1.82, 2.24) is 5.32 Å². The molecule has 1 aliphatic rings. The fraction of sp³-hybridized carbons (Fsp3) is 0.429. The number of benzene rings is 1. The molecule has 0 bridgehead atoms. The molecule has 0 aliphatic carbocycles. The molecular weight excluding hydrogens is 260 g/mol. The molecule has 1 saturated heterocycles. The molecule has 2 N–H and O–H groups in total. The number of carbonyl (C=O) groups is 2. The van der Waals surface area contributed by atoms with Gasteiger partial charge in [0.25, 0.3) is 5.91 Å². The molecule has 0 atom stereocenters. The van der Waals surface area contributed by atoms with Gasteiger partial charge in [0.2, 0.25) is 0 Å². The number of aromatic carboxylic acids is 1. The summed E-state index contributed by atoms with van der Waals surface area (Å²) in [6, 6.07) is 6.40. The molecule has 1 aromatic carbocycles. The maximum Gasteiger partial charge on any atom is 0.337 e. The summed E-state index contributed by atoms with van der Waals surface area (Å²) in [6.45, 7) is 3.30. The maximum absolute atomic E-state index is 12.1. The van der Waals surface area contributed by atoms with Gasteiger partial charge in [-0.2, -0.15) is 0 Å². The summed E-state index contributed by atoms with van der Waals surface area (Å²) in [5.74, 6) is -1.33. The second-order valence-electron chi connectivity index (χ2n) is 5.12. The van der Waals surface area contributed by atoms with Gasteiger partial charge in [0.15, 0.2) is 0 Å². The van der Waals surface area contributed by atoms with Crippen molar-refractivity contribution in [1.29, 1.82) is 0 Å². The summed E-state index contributed by atoms with van der Waals surface area (Å²) >= 11 is 0. The van der Waals surface area contributed by atoms with Gasteiger partial charge in [0.1, 0.15) is 6.61 Å². The van der Waals surface area contributed by atoms with Gasteiger partial charge in [0, 0.05) is 20.1 Å². The smallest absolute Gasteiger partial charge is 0.337 e. The van der Waals surface area contributed by atoms with Crippen molar-refractivity contribution >= 4 is 17.6 Å². The Balaban J connectivity index is 2.05. The van der Waals surface area contributed by atoms with Crippen molar-refractivity contribution in [2.24, 2.45) is 0 Å². The van der Waals surface area contributed by atoms with E-state index in [0.29, 0.717) is 5.69 Å². The summed E-state index contributed by atoms with van der Waals surface area (Å²) in [5.41, 5.74) is 0.161. The highest BCUT2D eigenvalue weighted by Crippen LogP contribution is 2.20. The number of hydrogen-bond donors (Lipinski definition) is 2. The highest BCUT2D eigenvalue weighted by Gasteiger charge is 2.33. The van der Waals surface area contributed by atoms with Gasteiger partial charge in [-0.05, 0) is 19.1 Å². The number of ether oxygens (including phenoxy) is 1. The number of carboxylic acids is 1. The van der Waals surface area contributed by atoms with Crippen molar-refractivity contribution < 1.29 is 19.4 Å². The van der Waals surface area contributed by atoms with Crippen LogP contribution in [0.25, 0.3) is 0 Å². The average Bonchev–Trinajstić information content (AvgIpc) is 2.41. The summed E-state index contributed by atoms with van der Waals surface area (Å²) in [6.07, 6.45) is 0. The molecule has 1 aliphatic heterocycles. The molecule has 1 aromatic rings. The first-order chi connectivity index (χ1) is 9.43. The topological polar surface area (TPSA) is 78.9 Å². The summed E-state index contributed by atoms with van der Waals surface area (Å²) in [7, 11) is 1.55. The number of nitrogens with zero attached hydrogens (tertiary/aromatic N) is 1. The van der Waals surface area contributed by atoms with Crippen LogP contribution in [0.2, 0.25) is 0 Å². The molecule has 0 unspecified atom stereocenters. The van der Waals surface area contributed by atoms with Crippen LogP contribution in [0.15, 0.2) is 24.3 Å². The monoisotopic (exact) mass is 278 g/mol. The molecule has 6 nitrogen and oxygen atoms in total. The molecule has 0 aromatic heterocycles. The predicted molar refractivity (Wildman–Crippen MR) is 74.0 cm³/mol. The van der Waals surface area contributed by atoms with Crippen LogP contribution < -0.4 is 10.2 Å². The zero-order valence-electron chi connectivity index (χ0n) is 11.5. The highest BCUT2D eigenvalue weighted by atomic mass is 16.5. The van der Waals surface area contributed by atoms with Crippen LogP contribution in [0.5, 0.6) is 0 Å². The standard InChI is InChI=1S/C14H18N2O4/c1-14(8-15-9-14)20-7-12(17)16(2)11-6-4-3-5-10(11)13(18)19/h3-6,15H,7-9H2,1-2H3,(H,18,19). The number of carbonyl (C=O) groups excluding carboxylic acids is 1. The quantitative estimate of drug-likeness (QED) is 0.830. The van der Waals surface area contributed by atoms with Crippen molar-refractivity contribution in [3.63, 3.8) is 0 Å². The zero-order valence-corrected chi connectivity index (χ0v) is 11.5. The lowest BCUT2D eigenvalue weighted by molar-refractivity contribution is -0.133. The number of anilines is 1. The number of carboxylic acid groups (broad SMARTS) is 1. The Kier molecular flexibility index (Phi) is 4.06. The minimum absolute atomic E-state index is 0.0668.